The third kappa shape index (κ3) is 5.21. The molecule has 0 amide bonds. The van der Waals surface area contributed by atoms with Crippen molar-refractivity contribution in [1.82, 2.24) is 4.72 Å². The normalized spacial score (nSPS) is 13.3. The molecule has 2 aromatic carbocycles. The first kappa shape index (κ1) is 21.2. The standard InChI is InChI=1S/C17H15ClF3NO4S/c1-10-9-12(18)7-8-14(10)26-16(23)11(2)22-27(24,25)15-6-4-3-5-13(15)17(19,20)21/h3-9,11,22H,1-2H3. The van der Waals surface area contributed by atoms with E-state index in [0.717, 1.165) is 18.2 Å². The van der Waals surface area contributed by atoms with Gasteiger partial charge in [0.1, 0.15) is 11.8 Å². The minimum absolute atomic E-state index is 0.158. The molecule has 0 aliphatic rings. The Morgan fingerprint density at radius 1 is 1.19 bits per heavy atom. The van der Waals surface area contributed by atoms with Gasteiger partial charge in [-0.3, -0.25) is 0 Å². The lowest BCUT2D eigenvalue weighted by Crippen LogP contribution is -2.41. The number of alkyl halides is 3. The average Bonchev–Trinajstić information content (AvgIpc) is 2.56. The predicted octanol–water partition coefficient (Wildman–Crippen LogP) is 3.94. The van der Waals surface area contributed by atoms with Gasteiger partial charge in [0.15, 0.2) is 0 Å². The van der Waals surface area contributed by atoms with Crippen molar-refractivity contribution < 1.29 is 31.1 Å². The molecule has 27 heavy (non-hydrogen) atoms. The fourth-order valence-corrected chi connectivity index (χ4v) is 3.85. The Kier molecular flexibility index (Phi) is 6.18. The maximum absolute atomic E-state index is 13.0. The van der Waals surface area contributed by atoms with Gasteiger partial charge in [-0.15, -0.1) is 0 Å². The van der Waals surface area contributed by atoms with E-state index in [1.54, 1.807) is 13.0 Å². The molecule has 1 N–H and O–H groups in total. The van der Waals surface area contributed by atoms with Gasteiger partial charge < -0.3 is 4.74 Å². The zero-order valence-electron chi connectivity index (χ0n) is 14.2. The molecule has 0 aromatic heterocycles. The van der Waals surface area contributed by atoms with Crippen LogP contribution < -0.4 is 9.46 Å². The van der Waals surface area contributed by atoms with Gasteiger partial charge in [0.2, 0.25) is 10.0 Å². The van der Waals surface area contributed by atoms with Crippen molar-refractivity contribution in [1.29, 1.82) is 0 Å². The van der Waals surface area contributed by atoms with Gasteiger partial charge in [-0.25, -0.2) is 13.2 Å². The van der Waals surface area contributed by atoms with Crippen LogP contribution in [0.3, 0.4) is 0 Å². The highest BCUT2D eigenvalue weighted by atomic mass is 35.5. The molecular formula is C17H15ClF3NO4S. The number of carbonyl (C=O) groups is 1. The summed E-state index contributed by atoms with van der Waals surface area (Å²) in [7, 11) is -4.62. The van der Waals surface area contributed by atoms with Crippen molar-refractivity contribution in [2.45, 2.75) is 31.0 Å². The van der Waals surface area contributed by atoms with Crippen LogP contribution in [-0.2, 0) is 21.0 Å². The Hall–Kier alpha value is -2.10. The van der Waals surface area contributed by atoms with Gasteiger partial charge in [-0.05, 0) is 49.7 Å². The number of halogens is 4. The number of esters is 1. The number of ether oxygens (including phenoxy) is 1. The molecule has 0 spiro atoms. The first-order valence-corrected chi connectivity index (χ1v) is 9.44. The third-order valence-corrected chi connectivity index (χ3v) is 5.35. The van der Waals surface area contributed by atoms with E-state index in [2.05, 4.69) is 0 Å². The zero-order valence-corrected chi connectivity index (χ0v) is 15.7. The second-order valence-electron chi connectivity index (χ2n) is 5.67. The Morgan fingerprint density at radius 2 is 1.81 bits per heavy atom. The Labute approximate surface area is 159 Å². The SMILES string of the molecule is Cc1cc(Cl)ccc1OC(=O)C(C)NS(=O)(=O)c1ccccc1C(F)(F)F. The highest BCUT2D eigenvalue weighted by Gasteiger charge is 2.37. The summed E-state index contributed by atoms with van der Waals surface area (Å²) in [5, 5.41) is 0.421. The maximum atomic E-state index is 13.0. The van der Waals surface area contributed by atoms with Crippen LogP contribution in [0.2, 0.25) is 5.02 Å². The van der Waals surface area contributed by atoms with Crippen LogP contribution in [0.25, 0.3) is 0 Å². The van der Waals surface area contributed by atoms with E-state index in [1.165, 1.54) is 19.1 Å². The quantitative estimate of drug-likeness (QED) is 0.586. The molecule has 1 unspecified atom stereocenters. The van der Waals surface area contributed by atoms with Crippen LogP contribution in [0.15, 0.2) is 47.4 Å². The topological polar surface area (TPSA) is 72.5 Å². The second-order valence-corrected chi connectivity index (χ2v) is 7.79. The Morgan fingerprint density at radius 3 is 2.41 bits per heavy atom. The van der Waals surface area contributed by atoms with Crippen LogP contribution in [-0.4, -0.2) is 20.4 Å². The minimum Gasteiger partial charge on any atom is -0.425 e. The summed E-state index contributed by atoms with van der Waals surface area (Å²) in [5.41, 5.74) is -0.792. The number of aryl methyl sites for hydroxylation is 1. The summed E-state index contributed by atoms with van der Waals surface area (Å²) < 4.78 is 70.8. The molecule has 0 saturated heterocycles. The molecule has 10 heteroatoms. The van der Waals surface area contributed by atoms with E-state index >= 15 is 0 Å². The molecule has 2 rings (SSSR count). The van der Waals surface area contributed by atoms with Gasteiger partial charge in [0.05, 0.1) is 10.5 Å². The van der Waals surface area contributed by atoms with Crippen molar-refractivity contribution in [2.24, 2.45) is 0 Å². The summed E-state index contributed by atoms with van der Waals surface area (Å²) in [4.78, 5) is 11.2. The monoisotopic (exact) mass is 421 g/mol. The van der Waals surface area contributed by atoms with Crippen LogP contribution in [0, 0.1) is 6.92 Å². The van der Waals surface area contributed by atoms with Gasteiger partial charge in [-0.1, -0.05) is 23.7 Å². The molecule has 5 nitrogen and oxygen atoms in total. The molecule has 0 heterocycles. The fraction of sp³-hybridized carbons (Fsp3) is 0.235. The molecule has 0 radical (unpaired) electrons. The van der Waals surface area contributed by atoms with Gasteiger partial charge in [-0.2, -0.15) is 17.9 Å². The van der Waals surface area contributed by atoms with Crippen LogP contribution in [0.4, 0.5) is 13.2 Å². The van der Waals surface area contributed by atoms with Crippen molar-refractivity contribution in [3.8, 4) is 5.75 Å². The summed E-state index contributed by atoms with van der Waals surface area (Å²) in [6, 6.07) is 6.71. The zero-order chi connectivity index (χ0) is 20.4. The van der Waals surface area contributed by atoms with Crippen LogP contribution >= 0.6 is 11.6 Å². The molecule has 0 bridgehead atoms. The molecule has 0 aliphatic heterocycles. The van der Waals surface area contributed by atoms with Crippen molar-refractivity contribution >= 4 is 27.6 Å². The average molecular weight is 422 g/mol. The number of hydrogen-bond donors (Lipinski definition) is 1. The van der Waals surface area contributed by atoms with Gasteiger partial charge in [0.25, 0.3) is 0 Å². The first-order chi connectivity index (χ1) is 12.4. The fourth-order valence-electron chi connectivity index (χ4n) is 2.20. The number of benzene rings is 2. The van der Waals surface area contributed by atoms with E-state index in [-0.39, 0.29) is 5.75 Å². The van der Waals surface area contributed by atoms with E-state index in [1.807, 2.05) is 4.72 Å². The van der Waals surface area contributed by atoms with Gasteiger partial charge in [0, 0.05) is 5.02 Å². The molecule has 2 aromatic rings. The molecular weight excluding hydrogens is 407 g/mol. The van der Waals surface area contributed by atoms with E-state index in [0.29, 0.717) is 16.7 Å². The van der Waals surface area contributed by atoms with Gasteiger partial charge >= 0.3 is 12.1 Å². The second kappa shape index (κ2) is 7.87. The highest BCUT2D eigenvalue weighted by molar-refractivity contribution is 7.89. The highest BCUT2D eigenvalue weighted by Crippen LogP contribution is 2.34. The molecule has 0 fully saturated rings. The summed E-state index contributed by atoms with van der Waals surface area (Å²) in [6.07, 6.45) is -4.87. The van der Waals surface area contributed by atoms with E-state index in [4.69, 9.17) is 16.3 Å². The maximum Gasteiger partial charge on any atom is 0.417 e. The largest absolute Gasteiger partial charge is 0.425 e. The number of sulfonamides is 1. The lowest BCUT2D eigenvalue weighted by molar-refractivity contribution is -0.139. The Balaban J connectivity index is 2.21. The predicted molar refractivity (Wildman–Crippen MR) is 93.1 cm³/mol. The smallest absolute Gasteiger partial charge is 0.417 e. The first-order valence-electron chi connectivity index (χ1n) is 7.58. The molecule has 146 valence electrons. The van der Waals surface area contributed by atoms with E-state index in [9.17, 15) is 26.4 Å². The molecule has 1 atom stereocenters. The molecule has 0 aliphatic carbocycles. The number of carbonyl (C=O) groups excluding carboxylic acids is 1. The Bertz CT molecular complexity index is 961. The summed E-state index contributed by atoms with van der Waals surface area (Å²) in [5.74, 6) is -0.820. The van der Waals surface area contributed by atoms with Crippen LogP contribution in [0.5, 0.6) is 5.75 Å². The van der Waals surface area contributed by atoms with Crippen molar-refractivity contribution in [2.75, 3.05) is 0 Å². The van der Waals surface area contributed by atoms with E-state index < -0.39 is 38.7 Å². The third-order valence-electron chi connectivity index (χ3n) is 3.51. The number of rotatable bonds is 5. The van der Waals surface area contributed by atoms with Crippen molar-refractivity contribution in [3.63, 3.8) is 0 Å². The minimum atomic E-state index is -4.87. The van der Waals surface area contributed by atoms with Crippen LogP contribution in [0.1, 0.15) is 18.1 Å². The van der Waals surface area contributed by atoms with Crippen molar-refractivity contribution in [3.05, 3.63) is 58.6 Å². The summed E-state index contributed by atoms with van der Waals surface area (Å²) in [6.45, 7) is 2.80. The lowest BCUT2D eigenvalue weighted by Gasteiger charge is -2.17. The number of nitrogens with one attached hydrogen (secondary N) is 1. The molecule has 0 saturated carbocycles. The summed E-state index contributed by atoms with van der Waals surface area (Å²) >= 11 is 5.80. The number of hydrogen-bond acceptors (Lipinski definition) is 4. The lowest BCUT2D eigenvalue weighted by atomic mass is 10.2.